The zero-order chi connectivity index (χ0) is 29.5. The summed E-state index contributed by atoms with van der Waals surface area (Å²) in [6.45, 7) is 8.97. The number of nitrogens with zero attached hydrogens (tertiary/aromatic N) is 3. The number of aromatic nitrogens is 1. The summed E-state index contributed by atoms with van der Waals surface area (Å²) >= 11 is 0. The first-order valence-corrected chi connectivity index (χ1v) is 14.8. The van der Waals surface area contributed by atoms with Crippen LogP contribution in [0, 0.1) is 20.8 Å². The van der Waals surface area contributed by atoms with Crippen molar-refractivity contribution in [2.24, 2.45) is 4.99 Å². The van der Waals surface area contributed by atoms with E-state index in [4.69, 9.17) is 9.73 Å². The number of hydrogen-bond acceptors (Lipinski definition) is 7. The fraction of sp³-hybridized carbons (Fsp3) is 0.424. The molecule has 1 atom stereocenters. The number of hydrogen-bond donors (Lipinski definition) is 3. The number of fused-ring (bicyclic) bond motifs is 2. The molecule has 3 aliphatic rings. The van der Waals surface area contributed by atoms with Gasteiger partial charge in [0.2, 0.25) is 0 Å². The van der Waals surface area contributed by atoms with Crippen LogP contribution in [-0.2, 0) is 13.0 Å². The van der Waals surface area contributed by atoms with E-state index >= 15 is 0 Å². The van der Waals surface area contributed by atoms with Crippen molar-refractivity contribution in [1.82, 2.24) is 14.8 Å². The molecule has 1 amide bonds. The van der Waals surface area contributed by atoms with Crippen LogP contribution < -0.4 is 15.6 Å². The number of likely N-dealkylation sites (tertiary alicyclic amines) is 1. The van der Waals surface area contributed by atoms with Crippen LogP contribution in [-0.4, -0.2) is 76.9 Å². The summed E-state index contributed by atoms with van der Waals surface area (Å²) < 4.78 is 5.83. The molecule has 1 fully saturated rings. The topological polar surface area (TPSA) is 110 Å². The number of ether oxygens (including phenoxy) is 1. The lowest BCUT2D eigenvalue weighted by molar-refractivity contribution is 0.0616. The Labute approximate surface area is 246 Å². The number of aromatic amines is 1. The molecule has 4 heterocycles. The highest BCUT2D eigenvalue weighted by Crippen LogP contribution is 2.40. The molecule has 9 heteroatoms. The summed E-state index contributed by atoms with van der Waals surface area (Å²) in [6, 6.07) is 10.0. The molecule has 9 nitrogen and oxygen atoms in total. The van der Waals surface area contributed by atoms with Gasteiger partial charge < -0.3 is 29.9 Å². The lowest BCUT2D eigenvalue weighted by Gasteiger charge is -2.35. The van der Waals surface area contributed by atoms with Gasteiger partial charge in [-0.1, -0.05) is 17.7 Å². The average molecular weight is 570 g/mol. The van der Waals surface area contributed by atoms with Crippen LogP contribution in [0.25, 0.3) is 0 Å². The highest BCUT2D eigenvalue weighted by Gasteiger charge is 2.37. The number of aryl methyl sites for hydroxylation is 2. The Kier molecular flexibility index (Phi) is 7.64. The molecule has 1 saturated heterocycles. The first kappa shape index (κ1) is 28.2. The van der Waals surface area contributed by atoms with E-state index in [1.807, 2.05) is 49.9 Å². The van der Waals surface area contributed by atoms with Crippen molar-refractivity contribution >= 4 is 23.0 Å². The molecule has 2 aromatic carbocycles. The van der Waals surface area contributed by atoms with Crippen LogP contribution in [0.1, 0.15) is 56.6 Å². The normalized spacial score (nSPS) is 17.7. The van der Waals surface area contributed by atoms with Crippen molar-refractivity contribution < 1.29 is 14.6 Å². The molecule has 0 spiro atoms. The molecular formula is C33H39N5O4. The summed E-state index contributed by atoms with van der Waals surface area (Å²) in [5.41, 5.74) is 8.25. The quantitative estimate of drug-likeness (QED) is 0.380. The lowest BCUT2D eigenvalue weighted by Crippen LogP contribution is -2.43. The number of aliphatic hydroxyl groups excluding tert-OH is 1. The zero-order valence-corrected chi connectivity index (χ0v) is 24.8. The van der Waals surface area contributed by atoms with Gasteiger partial charge in [-0.2, -0.15) is 0 Å². The summed E-state index contributed by atoms with van der Waals surface area (Å²) in [5.74, 6) is 0.857. The summed E-state index contributed by atoms with van der Waals surface area (Å²) in [5, 5.41) is 13.9. The van der Waals surface area contributed by atoms with Gasteiger partial charge in [-0.15, -0.1) is 0 Å². The smallest absolute Gasteiger partial charge is 0.259 e. The van der Waals surface area contributed by atoms with Crippen molar-refractivity contribution in [2.75, 3.05) is 38.6 Å². The maximum Gasteiger partial charge on any atom is 0.259 e. The lowest BCUT2D eigenvalue weighted by atomic mass is 9.94. The average Bonchev–Trinajstić information content (AvgIpc) is 3.53. The number of anilines is 1. The van der Waals surface area contributed by atoms with Crippen LogP contribution >= 0.6 is 0 Å². The van der Waals surface area contributed by atoms with Gasteiger partial charge in [0.15, 0.2) is 0 Å². The Bertz CT molecular complexity index is 1620. The third-order valence-corrected chi connectivity index (χ3v) is 8.85. The van der Waals surface area contributed by atoms with E-state index in [0.29, 0.717) is 29.9 Å². The first-order valence-electron chi connectivity index (χ1n) is 14.8. The Morgan fingerprint density at radius 2 is 1.90 bits per heavy atom. The number of benzene rings is 2. The van der Waals surface area contributed by atoms with Crippen LogP contribution in [0.4, 0.5) is 11.4 Å². The number of amides is 1. The van der Waals surface area contributed by atoms with Gasteiger partial charge in [-0.25, -0.2) is 0 Å². The predicted molar refractivity (Wildman–Crippen MR) is 164 cm³/mol. The number of carbonyl (C=O) groups is 1. The van der Waals surface area contributed by atoms with Crippen LogP contribution in [0.3, 0.4) is 0 Å². The minimum atomic E-state index is -0.788. The molecular weight excluding hydrogens is 530 g/mol. The summed E-state index contributed by atoms with van der Waals surface area (Å²) in [7, 11) is 2.13. The fourth-order valence-corrected chi connectivity index (χ4v) is 6.50. The summed E-state index contributed by atoms with van der Waals surface area (Å²) in [6.07, 6.45) is 3.26. The van der Waals surface area contributed by atoms with E-state index in [1.54, 1.807) is 12.3 Å². The molecule has 0 bridgehead atoms. The maximum atomic E-state index is 13.6. The predicted octanol–water partition coefficient (Wildman–Crippen LogP) is 3.88. The highest BCUT2D eigenvalue weighted by molar-refractivity contribution is 6.11. The fourth-order valence-electron chi connectivity index (χ4n) is 6.50. The Hall–Kier alpha value is -3.95. The number of pyridine rings is 1. The second-order valence-electron chi connectivity index (χ2n) is 11.9. The SMILES string of the molecule is Cc1ccc(OC[C@H](O)CNc2cc[nH]c(=O)c2C2=Nc3cc4c(c(C)c3C2)C(=O)N(C2CCN(C)CC2)C4)c(C)c1. The third kappa shape index (κ3) is 5.34. The molecule has 3 N–H and O–H groups in total. The molecule has 42 heavy (non-hydrogen) atoms. The number of carbonyl (C=O) groups excluding carboxylic acids is 1. The van der Waals surface area contributed by atoms with Crippen molar-refractivity contribution in [1.29, 1.82) is 0 Å². The Balaban J connectivity index is 1.17. The van der Waals surface area contributed by atoms with Crippen LogP contribution in [0.2, 0.25) is 0 Å². The largest absolute Gasteiger partial charge is 0.491 e. The minimum absolute atomic E-state index is 0.116. The number of aliphatic hydroxyl groups is 1. The second-order valence-corrected chi connectivity index (χ2v) is 11.9. The van der Waals surface area contributed by atoms with E-state index in [2.05, 4.69) is 22.2 Å². The van der Waals surface area contributed by atoms with Gasteiger partial charge in [0.25, 0.3) is 11.5 Å². The van der Waals surface area contributed by atoms with Gasteiger partial charge in [0.05, 0.1) is 22.6 Å². The number of aliphatic imine (C=N–C) groups is 1. The van der Waals surface area contributed by atoms with E-state index in [-0.39, 0.29) is 30.7 Å². The van der Waals surface area contributed by atoms with Gasteiger partial charge >= 0.3 is 0 Å². The number of nitrogens with one attached hydrogen (secondary N) is 2. The minimum Gasteiger partial charge on any atom is -0.491 e. The second kappa shape index (κ2) is 11.4. The van der Waals surface area contributed by atoms with Gasteiger partial charge in [0.1, 0.15) is 18.5 Å². The van der Waals surface area contributed by atoms with Crippen LogP contribution in [0.15, 0.2) is 46.3 Å². The van der Waals surface area contributed by atoms with Gasteiger partial charge in [0, 0.05) is 37.3 Å². The summed E-state index contributed by atoms with van der Waals surface area (Å²) in [4.78, 5) is 38.7. The molecule has 0 aliphatic carbocycles. The van der Waals surface area contributed by atoms with Crippen molar-refractivity contribution in [3.8, 4) is 5.75 Å². The van der Waals surface area contributed by atoms with E-state index in [9.17, 15) is 14.7 Å². The Morgan fingerprint density at radius 3 is 2.67 bits per heavy atom. The highest BCUT2D eigenvalue weighted by atomic mass is 16.5. The van der Waals surface area contributed by atoms with Crippen LogP contribution in [0.5, 0.6) is 5.75 Å². The zero-order valence-electron chi connectivity index (χ0n) is 24.8. The van der Waals surface area contributed by atoms with E-state index < -0.39 is 6.10 Å². The molecule has 0 radical (unpaired) electrons. The molecule has 3 aliphatic heterocycles. The molecule has 0 unspecified atom stereocenters. The first-order chi connectivity index (χ1) is 20.2. The van der Waals surface area contributed by atoms with Crippen molar-refractivity contribution in [3.05, 3.63) is 85.8 Å². The van der Waals surface area contributed by atoms with E-state index in [0.717, 1.165) is 70.7 Å². The number of rotatable bonds is 8. The molecule has 1 aromatic heterocycles. The number of piperidine rings is 1. The van der Waals surface area contributed by atoms with E-state index in [1.165, 1.54) is 0 Å². The third-order valence-electron chi connectivity index (χ3n) is 8.85. The van der Waals surface area contributed by atoms with Gasteiger partial charge in [-0.05, 0) is 94.2 Å². The van der Waals surface area contributed by atoms with Gasteiger partial charge in [-0.3, -0.25) is 14.6 Å². The molecule has 0 saturated carbocycles. The molecule has 220 valence electrons. The molecule has 3 aromatic rings. The van der Waals surface area contributed by atoms with Crippen molar-refractivity contribution in [3.63, 3.8) is 0 Å². The standard InChI is InChI=1S/C33H39N5O4/c1-19-5-6-29(20(2)13-19)42-18-24(39)16-35-26-7-10-34-32(40)31(26)28-15-25-21(3)30-22(14-27(25)36-28)17-38(33(30)41)23-8-11-37(4)12-9-23/h5-7,10,13-14,23-24,39H,8-9,11-12,15-18H2,1-4H3,(H2,34,35,40)/t24-/m1/s1. The Morgan fingerprint density at radius 1 is 1.12 bits per heavy atom. The monoisotopic (exact) mass is 569 g/mol. The number of H-pyrrole nitrogens is 1. The molecule has 6 rings (SSSR count). The van der Waals surface area contributed by atoms with Crippen molar-refractivity contribution in [2.45, 2.75) is 58.7 Å². The maximum absolute atomic E-state index is 13.6.